The summed E-state index contributed by atoms with van der Waals surface area (Å²) in [7, 11) is 0. The van der Waals surface area contributed by atoms with E-state index < -0.39 is 16.2 Å². The highest BCUT2D eigenvalue weighted by atomic mass is 16.6. The molecule has 138 valence electrons. The highest BCUT2D eigenvalue weighted by molar-refractivity contribution is 5.98. The second-order valence-corrected chi connectivity index (χ2v) is 6.47. The summed E-state index contributed by atoms with van der Waals surface area (Å²) in [5, 5.41) is 15.6. The Bertz CT molecular complexity index is 1230. The quantitative estimate of drug-likeness (QED) is 0.407. The molecule has 4 aromatic rings. The van der Waals surface area contributed by atoms with Crippen molar-refractivity contribution in [3.05, 3.63) is 105 Å². The lowest BCUT2D eigenvalue weighted by Gasteiger charge is -2.15. The highest BCUT2D eigenvalue weighted by Crippen LogP contribution is 2.33. The zero-order valence-corrected chi connectivity index (χ0v) is 15.1. The van der Waals surface area contributed by atoms with Crippen molar-refractivity contribution in [3.63, 3.8) is 0 Å². The van der Waals surface area contributed by atoms with Gasteiger partial charge < -0.3 is 5.32 Å². The fourth-order valence-corrected chi connectivity index (χ4v) is 3.24. The van der Waals surface area contributed by atoms with Crippen LogP contribution in [-0.4, -0.2) is 9.49 Å². The third kappa shape index (κ3) is 3.01. The normalized spacial score (nSPS) is 10.8. The number of nitrogens with one attached hydrogen (secondary N) is 1. The van der Waals surface area contributed by atoms with Crippen LogP contribution in [0.25, 0.3) is 16.6 Å². The van der Waals surface area contributed by atoms with E-state index in [-0.39, 0.29) is 5.69 Å². The number of hydrogen-bond acceptors (Lipinski definition) is 4. The van der Waals surface area contributed by atoms with Crippen LogP contribution in [0.3, 0.4) is 0 Å². The summed E-state index contributed by atoms with van der Waals surface area (Å²) >= 11 is 0. The number of anilines is 2. The maximum absolute atomic E-state index is 13.2. The van der Waals surface area contributed by atoms with Crippen molar-refractivity contribution in [2.45, 2.75) is 6.92 Å². The molecular formula is C22H17N3O3. The summed E-state index contributed by atoms with van der Waals surface area (Å²) in [5.41, 5.74) is 1.96. The van der Waals surface area contributed by atoms with Crippen molar-refractivity contribution < 1.29 is 4.92 Å². The number of rotatable bonds is 4. The molecule has 28 heavy (non-hydrogen) atoms. The fraction of sp³-hybridized carbons (Fsp3) is 0.0455. The largest absolute Gasteiger partial charge is 0.358 e. The van der Waals surface area contributed by atoms with E-state index in [0.717, 1.165) is 5.56 Å². The van der Waals surface area contributed by atoms with E-state index in [4.69, 9.17) is 0 Å². The van der Waals surface area contributed by atoms with Gasteiger partial charge in [0, 0.05) is 16.8 Å². The average Bonchev–Trinajstić information content (AvgIpc) is 2.70. The third-order valence-corrected chi connectivity index (χ3v) is 4.57. The molecular weight excluding hydrogens is 354 g/mol. The minimum Gasteiger partial charge on any atom is -0.349 e. The predicted molar refractivity (Wildman–Crippen MR) is 111 cm³/mol. The number of aryl methyl sites for hydroxylation is 1. The van der Waals surface area contributed by atoms with Gasteiger partial charge in [-0.15, -0.1) is 0 Å². The maximum atomic E-state index is 13.2. The van der Waals surface area contributed by atoms with Crippen LogP contribution in [-0.2, 0) is 0 Å². The molecule has 0 aliphatic rings. The standard InChI is InChI=1S/C22H17N3O3/c1-15-11-13-16(14-12-15)23-20-18-9-5-6-10-19(18)24(17-7-3-2-4-8-17)22(26)21(20)25(27)28/h2-14,23H,1H3. The molecule has 0 amide bonds. The molecule has 0 unspecified atom stereocenters. The zero-order valence-electron chi connectivity index (χ0n) is 15.1. The summed E-state index contributed by atoms with van der Waals surface area (Å²) in [6.07, 6.45) is 0. The molecule has 6 nitrogen and oxygen atoms in total. The van der Waals surface area contributed by atoms with Gasteiger partial charge in [0.2, 0.25) is 0 Å². The Labute approximate surface area is 160 Å². The Balaban J connectivity index is 2.05. The fourth-order valence-electron chi connectivity index (χ4n) is 3.24. The third-order valence-electron chi connectivity index (χ3n) is 4.57. The molecule has 6 heteroatoms. The molecule has 4 rings (SSSR count). The number of nitrogens with zero attached hydrogens (tertiary/aromatic N) is 2. The number of aromatic nitrogens is 1. The smallest absolute Gasteiger partial charge is 0.349 e. The first kappa shape index (κ1) is 17.5. The summed E-state index contributed by atoms with van der Waals surface area (Å²) in [4.78, 5) is 24.4. The van der Waals surface area contributed by atoms with Crippen LogP contribution in [0, 0.1) is 17.0 Å². The lowest BCUT2D eigenvalue weighted by atomic mass is 10.1. The monoisotopic (exact) mass is 371 g/mol. The molecule has 1 aromatic heterocycles. The number of pyridine rings is 1. The Morgan fingerprint density at radius 2 is 1.54 bits per heavy atom. The summed E-state index contributed by atoms with van der Waals surface area (Å²) in [5.74, 6) is 0. The SMILES string of the molecule is Cc1ccc(Nc2c([N+](=O)[O-])c(=O)n(-c3ccccc3)c3ccccc23)cc1. The van der Waals surface area contributed by atoms with E-state index in [9.17, 15) is 14.9 Å². The first-order valence-electron chi connectivity index (χ1n) is 8.77. The van der Waals surface area contributed by atoms with Gasteiger partial charge in [0.1, 0.15) is 5.69 Å². The van der Waals surface area contributed by atoms with E-state index >= 15 is 0 Å². The van der Waals surface area contributed by atoms with Crippen molar-refractivity contribution in [2.75, 3.05) is 5.32 Å². The van der Waals surface area contributed by atoms with Crippen molar-refractivity contribution in [1.29, 1.82) is 0 Å². The molecule has 1 heterocycles. The van der Waals surface area contributed by atoms with Gasteiger partial charge in [0.15, 0.2) is 0 Å². The van der Waals surface area contributed by atoms with E-state index in [1.807, 2.05) is 43.3 Å². The van der Waals surface area contributed by atoms with Crippen LogP contribution in [0.4, 0.5) is 17.1 Å². The van der Waals surface area contributed by atoms with Gasteiger partial charge in [-0.3, -0.25) is 19.5 Å². The number of fused-ring (bicyclic) bond motifs is 1. The Morgan fingerprint density at radius 1 is 0.893 bits per heavy atom. The van der Waals surface area contributed by atoms with E-state index in [2.05, 4.69) is 5.32 Å². The molecule has 0 atom stereocenters. The minimum absolute atomic E-state index is 0.196. The van der Waals surface area contributed by atoms with Gasteiger partial charge in [0.05, 0.1) is 10.4 Å². The van der Waals surface area contributed by atoms with Crippen molar-refractivity contribution in [1.82, 2.24) is 4.57 Å². The van der Waals surface area contributed by atoms with Crippen LogP contribution < -0.4 is 10.9 Å². The zero-order chi connectivity index (χ0) is 19.7. The van der Waals surface area contributed by atoms with Crippen LogP contribution in [0.1, 0.15) is 5.56 Å². The van der Waals surface area contributed by atoms with Crippen LogP contribution in [0.2, 0.25) is 0 Å². The van der Waals surface area contributed by atoms with Crippen LogP contribution in [0.5, 0.6) is 0 Å². The number of hydrogen-bond donors (Lipinski definition) is 1. The van der Waals surface area contributed by atoms with Crippen molar-refractivity contribution >= 4 is 28.0 Å². The number of para-hydroxylation sites is 2. The van der Waals surface area contributed by atoms with E-state index in [1.54, 1.807) is 42.5 Å². The first-order valence-corrected chi connectivity index (χ1v) is 8.77. The van der Waals surface area contributed by atoms with E-state index in [1.165, 1.54) is 4.57 Å². The molecule has 0 spiro atoms. The van der Waals surface area contributed by atoms with Crippen LogP contribution >= 0.6 is 0 Å². The Kier molecular flexibility index (Phi) is 4.37. The molecule has 1 N–H and O–H groups in total. The van der Waals surface area contributed by atoms with Crippen molar-refractivity contribution in [2.24, 2.45) is 0 Å². The maximum Gasteiger partial charge on any atom is 0.358 e. The molecule has 3 aromatic carbocycles. The van der Waals surface area contributed by atoms with Gasteiger partial charge in [-0.2, -0.15) is 0 Å². The molecule has 0 radical (unpaired) electrons. The summed E-state index contributed by atoms with van der Waals surface area (Å²) in [6, 6.07) is 23.6. The van der Waals surface area contributed by atoms with Gasteiger partial charge in [0.25, 0.3) is 0 Å². The molecule has 0 bridgehead atoms. The Hall–Kier alpha value is -3.93. The molecule has 0 aliphatic carbocycles. The van der Waals surface area contributed by atoms with Crippen molar-refractivity contribution in [3.8, 4) is 5.69 Å². The topological polar surface area (TPSA) is 77.2 Å². The molecule has 0 aliphatic heterocycles. The summed E-state index contributed by atoms with van der Waals surface area (Å²) in [6.45, 7) is 1.96. The average molecular weight is 371 g/mol. The van der Waals surface area contributed by atoms with Crippen LogP contribution in [0.15, 0.2) is 83.7 Å². The summed E-state index contributed by atoms with van der Waals surface area (Å²) < 4.78 is 1.38. The minimum atomic E-state index is -0.676. The van der Waals surface area contributed by atoms with E-state index in [0.29, 0.717) is 22.3 Å². The lowest BCUT2D eigenvalue weighted by molar-refractivity contribution is -0.385. The highest BCUT2D eigenvalue weighted by Gasteiger charge is 2.26. The predicted octanol–water partition coefficient (Wildman–Crippen LogP) is 4.95. The molecule has 0 saturated carbocycles. The van der Waals surface area contributed by atoms with Gasteiger partial charge in [-0.05, 0) is 37.3 Å². The molecule has 0 saturated heterocycles. The lowest BCUT2D eigenvalue weighted by Crippen LogP contribution is -2.23. The first-order chi connectivity index (χ1) is 13.6. The Morgan fingerprint density at radius 3 is 2.21 bits per heavy atom. The van der Waals surface area contributed by atoms with Gasteiger partial charge in [-0.1, -0.05) is 54.1 Å². The van der Waals surface area contributed by atoms with Gasteiger partial charge in [-0.25, -0.2) is 0 Å². The molecule has 0 fully saturated rings. The number of benzene rings is 3. The van der Waals surface area contributed by atoms with Gasteiger partial charge >= 0.3 is 11.2 Å². The second-order valence-electron chi connectivity index (χ2n) is 6.47. The number of nitro groups is 1. The second kappa shape index (κ2) is 7.00.